The molecule has 1 fully saturated rings. The molecule has 0 spiro atoms. The van der Waals surface area contributed by atoms with Crippen LogP contribution in [0.5, 0.6) is 0 Å². The maximum atomic E-state index is 13.1. The molecule has 4 rings (SSSR count). The number of anilines is 1. The van der Waals surface area contributed by atoms with E-state index in [4.69, 9.17) is 0 Å². The molecular weight excluding hydrogens is 394 g/mol. The SMILES string of the molecule is Cc1nnc(S[C@@H](C)C(=O)N2CCN(c3ccccc3)CC2)n1Cc1ccccc1. The summed E-state index contributed by atoms with van der Waals surface area (Å²) in [4.78, 5) is 17.4. The van der Waals surface area contributed by atoms with E-state index >= 15 is 0 Å². The van der Waals surface area contributed by atoms with Gasteiger partial charge in [0.15, 0.2) is 5.16 Å². The highest BCUT2D eigenvalue weighted by Gasteiger charge is 2.27. The van der Waals surface area contributed by atoms with Crippen LogP contribution in [-0.2, 0) is 11.3 Å². The Morgan fingerprint density at radius 3 is 2.27 bits per heavy atom. The van der Waals surface area contributed by atoms with Gasteiger partial charge in [0.25, 0.3) is 0 Å². The van der Waals surface area contributed by atoms with Gasteiger partial charge < -0.3 is 14.4 Å². The molecule has 30 heavy (non-hydrogen) atoms. The van der Waals surface area contributed by atoms with Gasteiger partial charge in [-0.15, -0.1) is 10.2 Å². The van der Waals surface area contributed by atoms with Crippen molar-refractivity contribution in [3.05, 3.63) is 72.1 Å². The zero-order chi connectivity index (χ0) is 20.9. The predicted molar refractivity (Wildman–Crippen MR) is 121 cm³/mol. The van der Waals surface area contributed by atoms with E-state index in [1.807, 2.05) is 43.0 Å². The van der Waals surface area contributed by atoms with Gasteiger partial charge in [-0.2, -0.15) is 0 Å². The summed E-state index contributed by atoms with van der Waals surface area (Å²) in [7, 11) is 0. The summed E-state index contributed by atoms with van der Waals surface area (Å²) in [6.45, 7) is 7.83. The number of carbonyl (C=O) groups is 1. The second-order valence-electron chi connectivity index (χ2n) is 7.51. The molecular formula is C23H27N5OS. The fourth-order valence-electron chi connectivity index (χ4n) is 3.69. The molecule has 2 heterocycles. The highest BCUT2D eigenvalue weighted by molar-refractivity contribution is 8.00. The van der Waals surface area contributed by atoms with E-state index in [1.165, 1.54) is 23.0 Å². The summed E-state index contributed by atoms with van der Waals surface area (Å²) in [5.41, 5.74) is 2.41. The molecule has 0 N–H and O–H groups in total. The summed E-state index contributed by atoms with van der Waals surface area (Å²) in [5, 5.41) is 9.16. The lowest BCUT2D eigenvalue weighted by molar-refractivity contribution is -0.130. The lowest BCUT2D eigenvalue weighted by atomic mass is 10.2. The summed E-state index contributed by atoms with van der Waals surface area (Å²) in [6.07, 6.45) is 0. The number of carbonyl (C=O) groups excluding carboxylic acids is 1. The van der Waals surface area contributed by atoms with Crippen molar-refractivity contribution < 1.29 is 4.79 Å². The zero-order valence-corrected chi connectivity index (χ0v) is 18.3. The van der Waals surface area contributed by atoms with Crippen LogP contribution in [0.3, 0.4) is 0 Å². The first-order valence-electron chi connectivity index (χ1n) is 10.3. The average molecular weight is 422 g/mol. The van der Waals surface area contributed by atoms with Gasteiger partial charge in [-0.1, -0.05) is 60.3 Å². The summed E-state index contributed by atoms with van der Waals surface area (Å²) < 4.78 is 2.08. The molecule has 1 aliphatic heterocycles. The van der Waals surface area contributed by atoms with Gasteiger partial charge in [0, 0.05) is 31.9 Å². The molecule has 0 unspecified atom stereocenters. The third-order valence-corrected chi connectivity index (χ3v) is 6.50. The summed E-state index contributed by atoms with van der Waals surface area (Å²) in [6, 6.07) is 20.6. The van der Waals surface area contributed by atoms with Crippen LogP contribution in [0.4, 0.5) is 5.69 Å². The van der Waals surface area contributed by atoms with Crippen molar-refractivity contribution in [2.24, 2.45) is 0 Å². The Hall–Kier alpha value is -2.80. The number of amides is 1. The molecule has 1 atom stereocenters. The van der Waals surface area contributed by atoms with Crippen LogP contribution in [0.2, 0.25) is 0 Å². The standard InChI is InChI=1S/C23H27N5OS/c1-18(22(29)27-15-13-26(14-16-27)21-11-7-4-8-12-21)30-23-25-24-19(2)28(23)17-20-9-5-3-6-10-20/h3-12,18H,13-17H2,1-2H3/t18-/m0/s1. The lowest BCUT2D eigenvalue weighted by Crippen LogP contribution is -2.50. The molecule has 1 aliphatic rings. The first-order chi connectivity index (χ1) is 14.6. The van der Waals surface area contributed by atoms with Crippen LogP contribution in [0.25, 0.3) is 0 Å². The Bertz CT molecular complexity index is 968. The number of aromatic nitrogens is 3. The Kier molecular flexibility index (Phi) is 6.38. The minimum Gasteiger partial charge on any atom is -0.368 e. The van der Waals surface area contributed by atoms with Crippen LogP contribution in [0, 0.1) is 6.92 Å². The average Bonchev–Trinajstić information content (AvgIpc) is 3.13. The van der Waals surface area contributed by atoms with Gasteiger partial charge in [0.05, 0.1) is 11.8 Å². The largest absolute Gasteiger partial charge is 0.368 e. The second-order valence-corrected chi connectivity index (χ2v) is 8.82. The lowest BCUT2D eigenvalue weighted by Gasteiger charge is -2.37. The van der Waals surface area contributed by atoms with Gasteiger partial charge in [-0.3, -0.25) is 4.79 Å². The molecule has 0 radical (unpaired) electrons. The Morgan fingerprint density at radius 1 is 0.967 bits per heavy atom. The number of thioether (sulfide) groups is 1. The van der Waals surface area contributed by atoms with Gasteiger partial charge >= 0.3 is 0 Å². The number of aryl methyl sites for hydroxylation is 1. The normalized spacial score (nSPS) is 15.3. The van der Waals surface area contributed by atoms with Crippen LogP contribution in [-0.4, -0.2) is 57.0 Å². The topological polar surface area (TPSA) is 54.3 Å². The third-order valence-electron chi connectivity index (χ3n) is 5.43. The van der Waals surface area contributed by atoms with E-state index < -0.39 is 0 Å². The minimum absolute atomic E-state index is 0.166. The van der Waals surface area contributed by atoms with E-state index in [0.29, 0.717) is 6.54 Å². The molecule has 1 aromatic heterocycles. The van der Waals surface area contributed by atoms with E-state index in [-0.39, 0.29) is 11.2 Å². The molecule has 1 amide bonds. The smallest absolute Gasteiger partial charge is 0.236 e. The van der Waals surface area contributed by atoms with Gasteiger partial charge in [-0.05, 0) is 31.5 Å². The first-order valence-corrected chi connectivity index (χ1v) is 11.2. The molecule has 0 saturated carbocycles. The summed E-state index contributed by atoms with van der Waals surface area (Å²) >= 11 is 1.49. The number of hydrogen-bond donors (Lipinski definition) is 0. The van der Waals surface area contributed by atoms with Crippen LogP contribution < -0.4 is 4.90 Å². The molecule has 0 aliphatic carbocycles. The number of benzene rings is 2. The second kappa shape index (κ2) is 9.34. The van der Waals surface area contributed by atoms with Crippen molar-refractivity contribution in [2.75, 3.05) is 31.1 Å². The maximum Gasteiger partial charge on any atom is 0.236 e. The quantitative estimate of drug-likeness (QED) is 0.571. The Balaban J connectivity index is 1.36. The van der Waals surface area contributed by atoms with E-state index in [2.05, 4.69) is 56.1 Å². The fourth-order valence-corrected chi connectivity index (χ4v) is 4.66. The minimum atomic E-state index is -0.202. The van der Waals surface area contributed by atoms with Crippen LogP contribution >= 0.6 is 11.8 Å². The van der Waals surface area contributed by atoms with Crippen molar-refractivity contribution in [2.45, 2.75) is 30.8 Å². The molecule has 6 nitrogen and oxygen atoms in total. The number of piperazine rings is 1. The monoisotopic (exact) mass is 421 g/mol. The maximum absolute atomic E-state index is 13.1. The van der Waals surface area contributed by atoms with Crippen molar-refractivity contribution in [3.8, 4) is 0 Å². The first kappa shape index (κ1) is 20.5. The third kappa shape index (κ3) is 4.67. The van der Waals surface area contributed by atoms with Gasteiger partial charge in [0.2, 0.25) is 5.91 Å². The van der Waals surface area contributed by atoms with Crippen molar-refractivity contribution in [1.82, 2.24) is 19.7 Å². The molecule has 3 aromatic rings. The fraction of sp³-hybridized carbons (Fsp3) is 0.348. The van der Waals surface area contributed by atoms with E-state index in [0.717, 1.165) is 37.2 Å². The van der Waals surface area contributed by atoms with Crippen molar-refractivity contribution in [3.63, 3.8) is 0 Å². The molecule has 1 saturated heterocycles. The van der Waals surface area contributed by atoms with Crippen molar-refractivity contribution >= 4 is 23.4 Å². The van der Waals surface area contributed by atoms with Gasteiger partial charge in [-0.25, -0.2) is 0 Å². The van der Waals surface area contributed by atoms with E-state index in [9.17, 15) is 4.79 Å². The number of rotatable bonds is 6. The summed E-state index contributed by atoms with van der Waals surface area (Å²) in [5.74, 6) is 1.03. The molecule has 0 bridgehead atoms. The number of nitrogens with zero attached hydrogens (tertiary/aromatic N) is 5. The Morgan fingerprint density at radius 2 is 1.60 bits per heavy atom. The number of para-hydroxylation sites is 1. The highest BCUT2D eigenvalue weighted by Crippen LogP contribution is 2.25. The highest BCUT2D eigenvalue weighted by atomic mass is 32.2. The molecule has 156 valence electrons. The molecule has 7 heteroatoms. The molecule has 2 aromatic carbocycles. The Labute approximate surface area is 181 Å². The van der Waals surface area contributed by atoms with E-state index in [1.54, 1.807) is 0 Å². The predicted octanol–water partition coefficient (Wildman–Crippen LogP) is 3.46. The number of hydrogen-bond acceptors (Lipinski definition) is 5. The van der Waals surface area contributed by atoms with Gasteiger partial charge in [0.1, 0.15) is 5.82 Å². The van der Waals surface area contributed by atoms with Crippen molar-refractivity contribution in [1.29, 1.82) is 0 Å². The van der Waals surface area contributed by atoms with Crippen LogP contribution in [0.15, 0.2) is 65.8 Å². The van der Waals surface area contributed by atoms with Crippen LogP contribution in [0.1, 0.15) is 18.3 Å². The zero-order valence-electron chi connectivity index (χ0n) is 17.4.